The molecule has 1 fully saturated rings. The third kappa shape index (κ3) is 3.24. The van der Waals surface area contributed by atoms with E-state index in [4.69, 9.17) is 0 Å². The maximum Gasteiger partial charge on any atom is 0.150 e. The summed E-state index contributed by atoms with van der Waals surface area (Å²) in [4.78, 5) is 18.5. The van der Waals surface area contributed by atoms with Crippen molar-refractivity contribution in [2.24, 2.45) is 0 Å². The number of aromatic nitrogens is 2. The maximum absolute atomic E-state index is 11.4. The average Bonchev–Trinajstić information content (AvgIpc) is 3.28. The number of imidazole rings is 1. The van der Waals surface area contributed by atoms with Crippen LogP contribution < -0.4 is 0 Å². The lowest BCUT2D eigenvalue weighted by atomic mass is 9.94. The smallest absolute Gasteiger partial charge is 0.150 e. The number of rotatable bonds is 6. The highest BCUT2D eigenvalue weighted by molar-refractivity contribution is 5.90. The molecular weight excluding hydrogens is 310 g/mol. The van der Waals surface area contributed by atoms with Crippen LogP contribution in [0.4, 0.5) is 0 Å². The highest BCUT2D eigenvalue weighted by atomic mass is 16.1. The van der Waals surface area contributed by atoms with Gasteiger partial charge in [0.1, 0.15) is 6.29 Å². The zero-order valence-corrected chi connectivity index (χ0v) is 15.3. The molecular formula is C21H29N3O. The van der Waals surface area contributed by atoms with Crippen molar-refractivity contribution < 1.29 is 4.79 Å². The summed E-state index contributed by atoms with van der Waals surface area (Å²) in [5.74, 6) is 0. The van der Waals surface area contributed by atoms with Crippen molar-refractivity contribution in [3.05, 3.63) is 29.1 Å². The molecule has 0 amide bonds. The first-order valence-corrected chi connectivity index (χ1v) is 9.93. The summed E-state index contributed by atoms with van der Waals surface area (Å²) in [5.41, 5.74) is 5.75. The van der Waals surface area contributed by atoms with Gasteiger partial charge in [-0.05, 0) is 69.3 Å². The van der Waals surface area contributed by atoms with Gasteiger partial charge in [-0.1, -0.05) is 19.3 Å². The van der Waals surface area contributed by atoms with E-state index < -0.39 is 0 Å². The number of aldehydes is 1. The van der Waals surface area contributed by atoms with Gasteiger partial charge < -0.3 is 9.47 Å². The van der Waals surface area contributed by atoms with Crippen LogP contribution in [0.25, 0.3) is 11.0 Å². The van der Waals surface area contributed by atoms with Crippen LogP contribution in [0.2, 0.25) is 0 Å². The average molecular weight is 339 g/mol. The third-order valence-corrected chi connectivity index (χ3v) is 6.25. The molecule has 1 heterocycles. The molecule has 134 valence electrons. The Hall–Kier alpha value is -1.68. The molecule has 0 atom stereocenters. The zero-order chi connectivity index (χ0) is 17.2. The Bertz CT molecular complexity index is 758. The second kappa shape index (κ2) is 7.28. The molecule has 4 nitrogen and oxygen atoms in total. The summed E-state index contributed by atoms with van der Waals surface area (Å²) >= 11 is 0. The Labute approximate surface area is 150 Å². The monoisotopic (exact) mass is 339 g/mol. The van der Waals surface area contributed by atoms with Crippen molar-refractivity contribution in [2.45, 2.75) is 70.4 Å². The van der Waals surface area contributed by atoms with Crippen LogP contribution in [0.3, 0.4) is 0 Å². The van der Waals surface area contributed by atoms with Crippen molar-refractivity contribution in [1.82, 2.24) is 14.5 Å². The summed E-state index contributed by atoms with van der Waals surface area (Å²) in [7, 11) is 2.29. The van der Waals surface area contributed by atoms with Gasteiger partial charge in [0.15, 0.2) is 0 Å². The van der Waals surface area contributed by atoms with Crippen LogP contribution in [-0.2, 0) is 19.4 Å². The minimum Gasteiger partial charge on any atom is -0.330 e. The molecule has 1 aromatic carbocycles. The third-order valence-electron chi connectivity index (χ3n) is 6.25. The molecule has 0 spiro atoms. The number of benzene rings is 1. The fourth-order valence-electron chi connectivity index (χ4n) is 4.86. The molecule has 2 aliphatic rings. The van der Waals surface area contributed by atoms with Gasteiger partial charge in [0.05, 0.1) is 17.4 Å². The quantitative estimate of drug-likeness (QED) is 0.747. The van der Waals surface area contributed by atoms with E-state index in [1.165, 1.54) is 48.7 Å². The van der Waals surface area contributed by atoms with Gasteiger partial charge in [0, 0.05) is 18.2 Å². The van der Waals surface area contributed by atoms with E-state index in [1.54, 1.807) is 0 Å². The predicted molar refractivity (Wildman–Crippen MR) is 101 cm³/mol. The molecule has 0 N–H and O–H groups in total. The van der Waals surface area contributed by atoms with E-state index in [0.717, 1.165) is 62.2 Å². The summed E-state index contributed by atoms with van der Waals surface area (Å²) < 4.78 is 2.32. The van der Waals surface area contributed by atoms with Crippen LogP contribution in [0.5, 0.6) is 0 Å². The van der Waals surface area contributed by atoms with Gasteiger partial charge >= 0.3 is 0 Å². The van der Waals surface area contributed by atoms with E-state index >= 15 is 0 Å². The van der Waals surface area contributed by atoms with Crippen LogP contribution in [0, 0.1) is 0 Å². The summed E-state index contributed by atoms with van der Waals surface area (Å²) in [6.07, 6.45) is 14.3. The first kappa shape index (κ1) is 16.8. The molecule has 0 unspecified atom stereocenters. The molecule has 0 radical (unpaired) electrons. The number of carbonyl (C=O) groups excluding carboxylic acids is 1. The normalized spacial score (nSPS) is 18.2. The van der Waals surface area contributed by atoms with Crippen LogP contribution in [0.15, 0.2) is 12.4 Å². The van der Waals surface area contributed by atoms with Crippen molar-refractivity contribution >= 4 is 17.3 Å². The predicted octanol–water partition coefficient (Wildman–Crippen LogP) is 3.99. The molecule has 1 saturated carbocycles. The number of fused-ring (bicyclic) bond motifs is 3. The van der Waals surface area contributed by atoms with Crippen molar-refractivity contribution in [3.63, 3.8) is 0 Å². The lowest BCUT2D eigenvalue weighted by Crippen LogP contribution is -2.34. The van der Waals surface area contributed by atoms with Gasteiger partial charge in [-0.2, -0.15) is 0 Å². The Morgan fingerprint density at radius 3 is 2.80 bits per heavy atom. The van der Waals surface area contributed by atoms with Gasteiger partial charge in [-0.15, -0.1) is 0 Å². The van der Waals surface area contributed by atoms with Gasteiger partial charge in [-0.3, -0.25) is 4.79 Å². The van der Waals surface area contributed by atoms with Crippen LogP contribution in [-0.4, -0.2) is 40.4 Å². The molecule has 4 heteroatoms. The lowest BCUT2D eigenvalue weighted by Gasteiger charge is -2.31. The first-order chi connectivity index (χ1) is 12.3. The number of hydrogen-bond donors (Lipinski definition) is 0. The molecule has 25 heavy (non-hydrogen) atoms. The maximum atomic E-state index is 11.4. The Balaban J connectivity index is 1.47. The van der Waals surface area contributed by atoms with E-state index in [2.05, 4.69) is 21.5 Å². The van der Waals surface area contributed by atoms with Crippen LogP contribution in [0.1, 0.15) is 66.4 Å². The Kier molecular flexibility index (Phi) is 4.89. The Morgan fingerprint density at radius 1 is 1.20 bits per heavy atom. The number of aryl methyl sites for hydroxylation is 2. The molecule has 0 aliphatic heterocycles. The topological polar surface area (TPSA) is 38.1 Å². The fraction of sp³-hybridized carbons (Fsp3) is 0.619. The van der Waals surface area contributed by atoms with Crippen molar-refractivity contribution in [3.8, 4) is 0 Å². The summed E-state index contributed by atoms with van der Waals surface area (Å²) in [6.45, 7) is 2.17. The van der Waals surface area contributed by atoms with Gasteiger partial charge in [-0.25, -0.2) is 4.98 Å². The SMILES string of the molecule is CN(CCCn1cnc2cc(C=O)c3c(c21)CCC3)C1CCCCC1. The zero-order valence-electron chi connectivity index (χ0n) is 15.3. The highest BCUT2D eigenvalue weighted by Crippen LogP contribution is 2.32. The minimum atomic E-state index is 0.785. The number of carbonyl (C=O) groups is 1. The van der Waals surface area contributed by atoms with Crippen molar-refractivity contribution in [1.29, 1.82) is 0 Å². The van der Waals surface area contributed by atoms with Crippen molar-refractivity contribution in [2.75, 3.05) is 13.6 Å². The van der Waals surface area contributed by atoms with Gasteiger partial charge in [0.25, 0.3) is 0 Å². The second-order valence-corrected chi connectivity index (χ2v) is 7.83. The number of nitrogens with zero attached hydrogens (tertiary/aromatic N) is 3. The molecule has 2 aliphatic carbocycles. The van der Waals surface area contributed by atoms with Crippen LogP contribution >= 0.6 is 0 Å². The van der Waals surface area contributed by atoms with E-state index in [-0.39, 0.29) is 0 Å². The minimum absolute atomic E-state index is 0.785. The lowest BCUT2D eigenvalue weighted by molar-refractivity contribution is 0.112. The molecule has 4 rings (SSSR count). The second-order valence-electron chi connectivity index (χ2n) is 7.83. The van der Waals surface area contributed by atoms with Gasteiger partial charge in [0.2, 0.25) is 0 Å². The van der Waals surface area contributed by atoms with E-state index in [9.17, 15) is 4.79 Å². The number of hydrogen-bond acceptors (Lipinski definition) is 3. The summed E-state index contributed by atoms with van der Waals surface area (Å²) in [5, 5.41) is 0. The molecule has 2 aromatic rings. The highest BCUT2D eigenvalue weighted by Gasteiger charge is 2.21. The van der Waals surface area contributed by atoms with E-state index in [0.29, 0.717) is 0 Å². The first-order valence-electron chi connectivity index (χ1n) is 9.93. The largest absolute Gasteiger partial charge is 0.330 e. The molecule has 1 aromatic heterocycles. The molecule has 0 bridgehead atoms. The summed E-state index contributed by atoms with van der Waals surface area (Å²) in [6, 6.07) is 2.77. The fourth-order valence-corrected chi connectivity index (χ4v) is 4.86. The molecule has 0 saturated heterocycles. The standard InChI is InChI=1S/C21H29N3O/c1-23(17-7-3-2-4-8-17)11-6-12-24-15-22-20-13-16(14-25)18-9-5-10-19(18)21(20)24/h13-15,17H,2-12H2,1H3. The van der Waals surface area contributed by atoms with E-state index in [1.807, 2.05) is 12.4 Å². The Morgan fingerprint density at radius 2 is 2.00 bits per heavy atom.